The Hall–Kier alpha value is -1.84. The molecule has 1 aliphatic heterocycles. The van der Waals surface area contributed by atoms with Crippen LogP contribution in [0.1, 0.15) is 17.5 Å². The molecule has 4 rings (SSSR count). The number of benzene rings is 2. The van der Waals surface area contributed by atoms with Crippen LogP contribution in [-0.4, -0.2) is 47.2 Å². The molecule has 0 bridgehead atoms. The summed E-state index contributed by atoms with van der Waals surface area (Å²) in [7, 11) is -0.173. The molecule has 0 spiro atoms. The van der Waals surface area contributed by atoms with Crippen LogP contribution in [0.4, 0.5) is 0 Å². The topological polar surface area (TPSA) is 67.9 Å². The van der Waals surface area contributed by atoms with Gasteiger partial charge in [0.2, 0.25) is 10.0 Å². The van der Waals surface area contributed by atoms with Gasteiger partial charge in [0.05, 0.1) is 14.2 Å². The van der Waals surface area contributed by atoms with E-state index in [-0.39, 0.29) is 12.4 Å². The van der Waals surface area contributed by atoms with Gasteiger partial charge in [-0.15, -0.1) is 23.7 Å². The van der Waals surface area contributed by atoms with Crippen molar-refractivity contribution in [1.82, 2.24) is 9.62 Å². The van der Waals surface area contributed by atoms with Gasteiger partial charge in [0.1, 0.15) is 4.21 Å². The van der Waals surface area contributed by atoms with E-state index in [1.165, 1.54) is 22.5 Å². The Morgan fingerprint density at radius 1 is 1.06 bits per heavy atom. The first-order valence-corrected chi connectivity index (χ1v) is 12.2. The predicted molar refractivity (Wildman–Crippen MR) is 127 cm³/mol. The van der Waals surface area contributed by atoms with Crippen LogP contribution in [0.25, 0.3) is 10.1 Å². The molecule has 0 saturated heterocycles. The maximum absolute atomic E-state index is 12.6. The molecule has 2 heterocycles. The average Bonchev–Trinajstić information content (AvgIpc) is 3.21. The van der Waals surface area contributed by atoms with Gasteiger partial charge in [0.25, 0.3) is 0 Å². The van der Waals surface area contributed by atoms with Gasteiger partial charge in [0.15, 0.2) is 11.5 Å². The largest absolute Gasteiger partial charge is 0.493 e. The zero-order valence-electron chi connectivity index (χ0n) is 17.6. The average molecular weight is 483 g/mol. The van der Waals surface area contributed by atoms with Gasteiger partial charge in [-0.3, -0.25) is 4.90 Å². The molecule has 1 aromatic heterocycles. The summed E-state index contributed by atoms with van der Waals surface area (Å²) < 4.78 is 40.1. The highest BCUT2D eigenvalue weighted by atomic mass is 35.5. The number of rotatable bonds is 8. The molecule has 1 aliphatic rings. The summed E-state index contributed by atoms with van der Waals surface area (Å²) in [5, 5.41) is 0.960. The van der Waals surface area contributed by atoms with E-state index in [1.54, 1.807) is 20.3 Å². The van der Waals surface area contributed by atoms with Crippen molar-refractivity contribution in [1.29, 1.82) is 0 Å². The van der Waals surface area contributed by atoms with Crippen LogP contribution >= 0.6 is 23.7 Å². The smallest absolute Gasteiger partial charge is 0.250 e. The van der Waals surface area contributed by atoms with Crippen LogP contribution in [0.15, 0.2) is 46.7 Å². The van der Waals surface area contributed by atoms with E-state index in [1.807, 2.05) is 30.3 Å². The maximum atomic E-state index is 12.6. The molecule has 0 amide bonds. The second-order valence-corrected chi connectivity index (χ2v) is 10.4. The van der Waals surface area contributed by atoms with Crippen molar-refractivity contribution in [2.75, 3.05) is 33.9 Å². The predicted octanol–water partition coefficient (Wildman–Crippen LogP) is 4.07. The fraction of sp³-hybridized carbons (Fsp3) is 0.364. The third-order valence-corrected chi connectivity index (χ3v) is 8.46. The van der Waals surface area contributed by atoms with Gasteiger partial charge >= 0.3 is 0 Å². The molecule has 0 radical (unpaired) electrons. The summed E-state index contributed by atoms with van der Waals surface area (Å²) in [6.45, 7) is 3.04. The third kappa shape index (κ3) is 5.32. The number of sulfonamides is 1. The fourth-order valence-corrected chi connectivity index (χ4v) is 6.32. The summed E-state index contributed by atoms with van der Waals surface area (Å²) in [4.78, 5) is 2.35. The number of nitrogens with zero attached hydrogens (tertiary/aromatic N) is 1. The number of hydrogen-bond donors (Lipinski definition) is 1. The zero-order chi connectivity index (χ0) is 21.1. The van der Waals surface area contributed by atoms with Gasteiger partial charge in [-0.25, -0.2) is 13.1 Å². The maximum Gasteiger partial charge on any atom is 0.250 e. The van der Waals surface area contributed by atoms with E-state index < -0.39 is 10.0 Å². The van der Waals surface area contributed by atoms with E-state index in [4.69, 9.17) is 9.47 Å². The molecule has 3 aromatic rings. The Morgan fingerprint density at radius 3 is 2.48 bits per heavy atom. The van der Waals surface area contributed by atoms with E-state index >= 15 is 0 Å². The number of nitrogens with one attached hydrogen (secondary N) is 1. The summed E-state index contributed by atoms with van der Waals surface area (Å²) in [5.41, 5.74) is 2.53. The van der Waals surface area contributed by atoms with E-state index in [9.17, 15) is 8.42 Å². The molecule has 0 unspecified atom stereocenters. The Balaban J connectivity index is 0.00000272. The van der Waals surface area contributed by atoms with Crippen LogP contribution in [0.5, 0.6) is 11.5 Å². The lowest BCUT2D eigenvalue weighted by Crippen LogP contribution is -2.33. The summed E-state index contributed by atoms with van der Waals surface area (Å²) >= 11 is 1.31. The lowest BCUT2D eigenvalue weighted by molar-refractivity contribution is 0.250. The van der Waals surface area contributed by atoms with Crippen molar-refractivity contribution in [2.24, 2.45) is 0 Å². The van der Waals surface area contributed by atoms with Gasteiger partial charge in [-0.2, -0.15) is 0 Å². The fourth-order valence-electron chi connectivity index (χ4n) is 3.80. The van der Waals surface area contributed by atoms with Crippen molar-refractivity contribution in [2.45, 2.75) is 23.6 Å². The molecule has 168 valence electrons. The molecule has 2 aromatic carbocycles. The minimum atomic E-state index is -3.47. The van der Waals surface area contributed by atoms with Crippen LogP contribution in [0.3, 0.4) is 0 Å². The summed E-state index contributed by atoms with van der Waals surface area (Å²) in [5.74, 6) is 1.51. The van der Waals surface area contributed by atoms with E-state index in [0.717, 1.165) is 54.1 Å². The van der Waals surface area contributed by atoms with Gasteiger partial charge < -0.3 is 9.47 Å². The molecule has 0 fully saturated rings. The molecule has 31 heavy (non-hydrogen) atoms. The summed E-state index contributed by atoms with van der Waals surface area (Å²) in [6, 6.07) is 13.6. The number of thiophene rings is 1. The minimum Gasteiger partial charge on any atom is -0.493 e. The Morgan fingerprint density at radius 2 is 1.77 bits per heavy atom. The first kappa shape index (κ1) is 23.8. The number of halogens is 1. The first-order valence-electron chi connectivity index (χ1n) is 9.94. The van der Waals surface area contributed by atoms with Crippen molar-refractivity contribution < 1.29 is 17.9 Å². The SMILES string of the molecule is COc1cc2c(cc1OC)CN(CCCNS(=O)(=O)c1cc3ccccc3s1)CC2.Cl. The molecule has 9 heteroatoms. The second kappa shape index (κ2) is 10.2. The van der Waals surface area contributed by atoms with Gasteiger partial charge in [-0.1, -0.05) is 18.2 Å². The second-order valence-electron chi connectivity index (χ2n) is 7.36. The number of methoxy groups -OCH3 is 2. The Labute approximate surface area is 193 Å². The summed E-state index contributed by atoms with van der Waals surface area (Å²) in [6.07, 6.45) is 1.70. The van der Waals surface area contributed by atoms with Crippen molar-refractivity contribution in [3.8, 4) is 11.5 Å². The molecule has 6 nitrogen and oxygen atoms in total. The van der Waals surface area contributed by atoms with Crippen molar-refractivity contribution in [3.63, 3.8) is 0 Å². The van der Waals surface area contributed by atoms with Crippen LogP contribution in [0, 0.1) is 0 Å². The molecule has 0 aliphatic carbocycles. The van der Waals surface area contributed by atoms with E-state index in [2.05, 4.69) is 15.7 Å². The normalized spacial score (nSPS) is 14.1. The van der Waals surface area contributed by atoms with E-state index in [0.29, 0.717) is 10.8 Å². The molecule has 1 N–H and O–H groups in total. The Bertz CT molecular complexity index is 1110. The van der Waals surface area contributed by atoms with Gasteiger partial charge in [-0.05, 0) is 60.2 Å². The molecule has 0 atom stereocenters. The third-order valence-electron chi connectivity index (χ3n) is 5.41. The number of ether oxygens (including phenoxy) is 2. The molecular formula is C22H27ClN2O4S2. The quantitative estimate of drug-likeness (QED) is 0.490. The highest BCUT2D eigenvalue weighted by Gasteiger charge is 2.20. The van der Waals surface area contributed by atoms with Crippen LogP contribution < -0.4 is 14.2 Å². The Kier molecular flexibility index (Phi) is 7.82. The standard InChI is InChI=1S/C22H26N2O4S2.ClH/c1-27-19-12-16-8-11-24(15-18(16)13-20(19)28-2)10-5-9-23-30(25,26)22-14-17-6-3-4-7-21(17)29-22;/h3-4,6-7,12-14,23H,5,8-11,15H2,1-2H3;1H. The first-order chi connectivity index (χ1) is 14.5. The number of hydrogen-bond acceptors (Lipinski definition) is 6. The van der Waals surface area contributed by atoms with Crippen molar-refractivity contribution in [3.05, 3.63) is 53.6 Å². The highest BCUT2D eigenvalue weighted by molar-refractivity contribution is 7.91. The highest BCUT2D eigenvalue weighted by Crippen LogP contribution is 2.33. The van der Waals surface area contributed by atoms with Crippen LogP contribution in [0.2, 0.25) is 0 Å². The molecular weight excluding hydrogens is 456 g/mol. The zero-order valence-corrected chi connectivity index (χ0v) is 20.0. The minimum absolute atomic E-state index is 0. The monoisotopic (exact) mass is 482 g/mol. The number of fused-ring (bicyclic) bond motifs is 2. The van der Waals surface area contributed by atoms with Crippen molar-refractivity contribution >= 4 is 43.9 Å². The lowest BCUT2D eigenvalue weighted by atomic mass is 9.98. The van der Waals surface area contributed by atoms with Gasteiger partial charge in [0, 0.05) is 24.3 Å². The van der Waals surface area contributed by atoms with Crippen LogP contribution in [-0.2, 0) is 23.0 Å². The molecule has 0 saturated carbocycles. The lowest BCUT2D eigenvalue weighted by Gasteiger charge is -2.29.